The molecule has 1 saturated heterocycles. The first kappa shape index (κ1) is 17.8. The van der Waals surface area contributed by atoms with E-state index in [9.17, 15) is 4.79 Å². The van der Waals surface area contributed by atoms with Crippen LogP contribution >= 0.6 is 0 Å². The highest BCUT2D eigenvalue weighted by atomic mass is 16.6. The Balaban J connectivity index is 1.58. The van der Waals surface area contributed by atoms with Gasteiger partial charge in [-0.3, -0.25) is 4.79 Å². The summed E-state index contributed by atoms with van der Waals surface area (Å²) in [6, 6.07) is 0. The zero-order chi connectivity index (χ0) is 15.8. The minimum absolute atomic E-state index is 0.0916. The zero-order valence-electron chi connectivity index (χ0n) is 14.0. The number of hydrogen-bond donors (Lipinski definition) is 1. The monoisotopic (exact) mass is 310 g/mol. The normalized spacial score (nSPS) is 27.0. The van der Waals surface area contributed by atoms with E-state index in [1.165, 1.54) is 38.5 Å². The summed E-state index contributed by atoms with van der Waals surface area (Å²) < 4.78 is 11.9. The van der Waals surface area contributed by atoms with Gasteiger partial charge in [0.2, 0.25) is 0 Å². The van der Waals surface area contributed by atoms with Crippen molar-refractivity contribution in [1.82, 2.24) is 0 Å². The molecular formula is C17H31BO4. The molecule has 1 saturated carbocycles. The van der Waals surface area contributed by atoms with E-state index in [0.29, 0.717) is 11.7 Å². The Kier molecular flexibility index (Phi) is 7.74. The first-order valence-electron chi connectivity index (χ1n) is 9.16. The molecule has 4 nitrogen and oxygen atoms in total. The SMILES string of the molecule is CCCCCCCC1COB(C2CCC(C(=O)O)CC2)OC1. The standard InChI is InChI=1S/C17H31BO4/c1-2-3-4-5-6-7-14-12-21-18(22-13-14)16-10-8-15(9-11-16)17(19)20/h14-16H,2-13H2,1H3,(H,19,20). The molecule has 1 aliphatic carbocycles. The van der Waals surface area contributed by atoms with Gasteiger partial charge in [0.1, 0.15) is 0 Å². The maximum Gasteiger partial charge on any atom is 0.460 e. The number of carboxylic acid groups (broad SMARTS) is 1. The van der Waals surface area contributed by atoms with E-state index in [4.69, 9.17) is 14.4 Å². The van der Waals surface area contributed by atoms with Crippen molar-refractivity contribution in [3.8, 4) is 0 Å². The fourth-order valence-corrected chi connectivity index (χ4v) is 3.67. The summed E-state index contributed by atoms with van der Waals surface area (Å²) >= 11 is 0. The molecule has 0 unspecified atom stereocenters. The van der Waals surface area contributed by atoms with Crippen LogP contribution in [0.5, 0.6) is 0 Å². The zero-order valence-corrected chi connectivity index (χ0v) is 14.0. The third kappa shape index (κ3) is 5.58. The predicted molar refractivity (Wildman–Crippen MR) is 87.9 cm³/mol. The second kappa shape index (κ2) is 9.56. The number of aliphatic carboxylic acids is 1. The highest BCUT2D eigenvalue weighted by Crippen LogP contribution is 2.36. The third-order valence-corrected chi connectivity index (χ3v) is 5.21. The van der Waals surface area contributed by atoms with Crippen molar-refractivity contribution < 1.29 is 19.2 Å². The van der Waals surface area contributed by atoms with Crippen LogP contribution in [-0.4, -0.2) is 31.4 Å². The molecule has 0 aromatic rings. The van der Waals surface area contributed by atoms with Crippen LogP contribution < -0.4 is 0 Å². The summed E-state index contributed by atoms with van der Waals surface area (Å²) in [5, 5.41) is 9.04. The number of rotatable bonds is 8. The molecule has 1 heterocycles. The summed E-state index contributed by atoms with van der Waals surface area (Å²) in [5.41, 5.74) is 0. The van der Waals surface area contributed by atoms with Crippen LogP contribution in [0.15, 0.2) is 0 Å². The number of carboxylic acids is 1. The molecule has 0 aromatic carbocycles. The fourth-order valence-electron chi connectivity index (χ4n) is 3.67. The van der Waals surface area contributed by atoms with Crippen LogP contribution in [0.3, 0.4) is 0 Å². The van der Waals surface area contributed by atoms with Gasteiger partial charge in [0, 0.05) is 19.1 Å². The van der Waals surface area contributed by atoms with Gasteiger partial charge in [0.25, 0.3) is 0 Å². The van der Waals surface area contributed by atoms with E-state index in [1.54, 1.807) is 0 Å². The van der Waals surface area contributed by atoms with E-state index in [-0.39, 0.29) is 13.0 Å². The number of carbonyl (C=O) groups is 1. The molecule has 1 N–H and O–H groups in total. The maximum atomic E-state index is 11.0. The minimum Gasteiger partial charge on any atom is -0.481 e. The summed E-state index contributed by atoms with van der Waals surface area (Å²) in [4.78, 5) is 11.0. The van der Waals surface area contributed by atoms with Crippen molar-refractivity contribution in [2.45, 2.75) is 76.9 Å². The Labute approximate surface area is 135 Å². The van der Waals surface area contributed by atoms with Gasteiger partial charge in [-0.05, 0) is 25.1 Å². The molecule has 0 aromatic heterocycles. The molecule has 0 atom stereocenters. The molecule has 1 aliphatic heterocycles. The Morgan fingerprint density at radius 1 is 1.05 bits per heavy atom. The average Bonchev–Trinajstić information content (AvgIpc) is 2.55. The molecule has 0 radical (unpaired) electrons. The van der Waals surface area contributed by atoms with Gasteiger partial charge in [-0.1, -0.05) is 51.9 Å². The van der Waals surface area contributed by atoms with Crippen molar-refractivity contribution in [1.29, 1.82) is 0 Å². The maximum absolute atomic E-state index is 11.0. The molecule has 22 heavy (non-hydrogen) atoms. The second-order valence-corrected chi connectivity index (χ2v) is 7.05. The first-order valence-corrected chi connectivity index (χ1v) is 9.16. The Morgan fingerprint density at radius 2 is 1.68 bits per heavy atom. The van der Waals surface area contributed by atoms with Crippen LogP contribution in [0, 0.1) is 11.8 Å². The van der Waals surface area contributed by atoms with Crippen molar-refractivity contribution in [2.75, 3.05) is 13.2 Å². The van der Waals surface area contributed by atoms with Crippen LogP contribution in [0.2, 0.25) is 5.82 Å². The van der Waals surface area contributed by atoms with Gasteiger partial charge < -0.3 is 14.4 Å². The summed E-state index contributed by atoms with van der Waals surface area (Å²) in [6.45, 7) is 3.88. The third-order valence-electron chi connectivity index (χ3n) is 5.21. The lowest BCUT2D eigenvalue weighted by Crippen LogP contribution is -2.40. The van der Waals surface area contributed by atoms with Gasteiger partial charge >= 0.3 is 13.1 Å². The van der Waals surface area contributed by atoms with Gasteiger partial charge in [-0.15, -0.1) is 0 Å². The van der Waals surface area contributed by atoms with Crippen molar-refractivity contribution >= 4 is 13.1 Å². The topological polar surface area (TPSA) is 55.8 Å². The Bertz CT molecular complexity index is 321. The van der Waals surface area contributed by atoms with Crippen LogP contribution in [0.25, 0.3) is 0 Å². The lowest BCUT2D eigenvalue weighted by Gasteiger charge is -2.34. The molecule has 0 spiro atoms. The molecule has 126 valence electrons. The van der Waals surface area contributed by atoms with Crippen LogP contribution in [0.4, 0.5) is 0 Å². The molecule has 0 bridgehead atoms. The fraction of sp³-hybridized carbons (Fsp3) is 0.941. The molecular weight excluding hydrogens is 279 g/mol. The lowest BCUT2D eigenvalue weighted by atomic mass is 9.62. The first-order chi connectivity index (χ1) is 10.7. The smallest absolute Gasteiger partial charge is 0.460 e. The van der Waals surface area contributed by atoms with E-state index in [1.807, 2.05) is 0 Å². The summed E-state index contributed by atoms with van der Waals surface area (Å²) in [5.74, 6) is 0.136. The molecule has 2 aliphatic rings. The van der Waals surface area contributed by atoms with E-state index < -0.39 is 5.97 Å². The van der Waals surface area contributed by atoms with Crippen LogP contribution in [0.1, 0.15) is 71.1 Å². The van der Waals surface area contributed by atoms with Crippen LogP contribution in [-0.2, 0) is 14.1 Å². The van der Waals surface area contributed by atoms with Gasteiger partial charge in [0.15, 0.2) is 0 Å². The molecule has 5 heteroatoms. The number of hydrogen-bond acceptors (Lipinski definition) is 3. The van der Waals surface area contributed by atoms with E-state index in [2.05, 4.69) is 6.92 Å². The summed E-state index contributed by atoms with van der Waals surface area (Å²) in [7, 11) is -0.0916. The highest BCUT2D eigenvalue weighted by Gasteiger charge is 2.38. The molecule has 2 rings (SSSR count). The largest absolute Gasteiger partial charge is 0.481 e. The lowest BCUT2D eigenvalue weighted by molar-refractivity contribution is -0.142. The summed E-state index contributed by atoms with van der Waals surface area (Å²) in [6.07, 6.45) is 11.2. The Hall–Kier alpha value is -0.545. The minimum atomic E-state index is -0.646. The van der Waals surface area contributed by atoms with Gasteiger partial charge in [-0.2, -0.15) is 0 Å². The predicted octanol–water partition coefficient (Wildman–Crippen LogP) is 4.14. The average molecular weight is 310 g/mol. The van der Waals surface area contributed by atoms with E-state index >= 15 is 0 Å². The highest BCUT2D eigenvalue weighted by molar-refractivity contribution is 6.46. The second-order valence-electron chi connectivity index (χ2n) is 7.05. The Morgan fingerprint density at radius 3 is 2.27 bits per heavy atom. The van der Waals surface area contributed by atoms with Crippen molar-refractivity contribution in [3.63, 3.8) is 0 Å². The van der Waals surface area contributed by atoms with Gasteiger partial charge in [0.05, 0.1) is 5.92 Å². The van der Waals surface area contributed by atoms with E-state index in [0.717, 1.165) is 38.9 Å². The number of unbranched alkanes of at least 4 members (excludes halogenated alkanes) is 4. The van der Waals surface area contributed by atoms with Crippen molar-refractivity contribution in [3.05, 3.63) is 0 Å². The quantitative estimate of drug-likeness (QED) is 0.540. The van der Waals surface area contributed by atoms with Gasteiger partial charge in [-0.25, -0.2) is 0 Å². The molecule has 2 fully saturated rings. The molecule has 0 amide bonds. The van der Waals surface area contributed by atoms with Crippen molar-refractivity contribution in [2.24, 2.45) is 11.8 Å².